The van der Waals surface area contributed by atoms with Crippen LogP contribution in [0.5, 0.6) is 0 Å². The van der Waals surface area contributed by atoms with Crippen LogP contribution in [0.1, 0.15) is 81.3 Å². The molecule has 0 radical (unpaired) electrons. The fraction of sp³-hybridized carbons (Fsp3) is 0.153. The number of benzene rings is 8. The van der Waals surface area contributed by atoms with Crippen molar-refractivity contribution in [2.45, 2.75) is 58.8 Å². The van der Waals surface area contributed by atoms with Crippen LogP contribution in [0.25, 0.3) is 58.2 Å². The van der Waals surface area contributed by atoms with Crippen molar-refractivity contribution in [1.82, 2.24) is 0 Å². The van der Waals surface area contributed by atoms with Crippen LogP contribution in [0.3, 0.4) is 0 Å². The molecule has 0 N–H and O–H groups in total. The average Bonchev–Trinajstić information content (AvgIpc) is 3.90. The Morgan fingerprint density at radius 1 is 0.516 bits per heavy atom. The largest absolute Gasteiger partial charge is 1.00 e. The zero-order chi connectivity index (χ0) is 41.3. The van der Waals surface area contributed by atoms with E-state index in [-0.39, 0.29) is 35.6 Å². The van der Waals surface area contributed by atoms with Crippen LogP contribution in [-0.2, 0) is 35.5 Å². The van der Waals surface area contributed by atoms with Crippen molar-refractivity contribution in [2.75, 3.05) is 0 Å². The van der Waals surface area contributed by atoms with E-state index in [0.717, 1.165) is 6.42 Å². The second kappa shape index (κ2) is 16.9. The van der Waals surface area contributed by atoms with Crippen molar-refractivity contribution >= 4 is 36.0 Å². The molecule has 0 atom stereocenters. The van der Waals surface area contributed by atoms with Gasteiger partial charge in [0.15, 0.2) is 0 Å². The number of allylic oxidation sites excluding steroid dienone is 4. The van der Waals surface area contributed by atoms with Crippen molar-refractivity contribution in [3.05, 3.63) is 230 Å². The zero-order valence-corrected chi connectivity index (χ0v) is 40.2. The Morgan fingerprint density at radius 3 is 1.58 bits per heavy atom. The quantitative estimate of drug-likeness (QED) is 0.165. The van der Waals surface area contributed by atoms with E-state index in [1.807, 2.05) is 0 Å². The van der Waals surface area contributed by atoms with Crippen LogP contribution in [-0.4, -0.2) is 0 Å². The molecule has 303 valence electrons. The van der Waals surface area contributed by atoms with E-state index in [0.29, 0.717) is 0 Å². The van der Waals surface area contributed by atoms with Crippen molar-refractivity contribution in [3.8, 4) is 22.3 Å². The van der Waals surface area contributed by atoms with Crippen molar-refractivity contribution < 1.29 is 49.5 Å². The van der Waals surface area contributed by atoms with Gasteiger partial charge in [-0.1, -0.05) is 0 Å². The fourth-order valence-electron chi connectivity index (χ4n) is 10.0. The molecular formula is C59H49Cl2Zr. The third-order valence-electron chi connectivity index (χ3n) is 12.6. The monoisotopic (exact) mass is 917 g/mol. The number of fused-ring (bicyclic) bond motifs is 4. The Morgan fingerprint density at radius 2 is 1.05 bits per heavy atom. The summed E-state index contributed by atoms with van der Waals surface area (Å²) in [7, 11) is 0. The second-order valence-electron chi connectivity index (χ2n) is 18.6. The molecule has 0 bridgehead atoms. The van der Waals surface area contributed by atoms with Gasteiger partial charge in [-0.05, 0) is 0 Å². The van der Waals surface area contributed by atoms with Gasteiger partial charge in [-0.3, -0.25) is 0 Å². The first-order valence-corrected chi connectivity index (χ1v) is 22.6. The van der Waals surface area contributed by atoms with Crippen LogP contribution < -0.4 is 35.3 Å². The molecule has 8 aromatic carbocycles. The molecule has 3 heteroatoms. The summed E-state index contributed by atoms with van der Waals surface area (Å²) in [5.41, 5.74) is 15.7. The third kappa shape index (κ3) is 7.31. The Kier molecular flexibility index (Phi) is 11.9. The standard InChI is InChI=1S/C59H49.2ClH.Zr/c1-58(2,3)51-37-49-43(35-48(51)40-21-9-7-10-22-40)36-50-52(41-27-13-14-28-41)53(42-25-11-8-12-26-42)57(59(4,5)6)56(55(49)50)54(46-33-19-29-38-23-15-17-31-44(38)46)47-34-20-30-39-24-16-18-32-45(39)47;;;/h7-27,29-35,37H,28H2,1-6H3;2*1H;/q;;;+2/p-2. The molecule has 0 nitrogen and oxygen atoms in total. The van der Waals surface area contributed by atoms with Crippen molar-refractivity contribution in [2.24, 2.45) is 0 Å². The smallest absolute Gasteiger partial charge is 1.00 e. The third-order valence-corrected chi connectivity index (χ3v) is 13.9. The number of halogens is 2. The van der Waals surface area contributed by atoms with Gasteiger partial charge in [0.25, 0.3) is 0 Å². The second-order valence-corrected chi connectivity index (χ2v) is 19.8. The molecule has 0 amide bonds. The molecule has 0 unspecified atom stereocenters. The van der Waals surface area contributed by atoms with Crippen LogP contribution in [0.15, 0.2) is 176 Å². The summed E-state index contributed by atoms with van der Waals surface area (Å²) in [4.78, 5) is 0. The normalized spacial score (nSPS) is 13.1. The predicted molar refractivity (Wildman–Crippen MR) is 252 cm³/mol. The van der Waals surface area contributed by atoms with E-state index in [4.69, 9.17) is 0 Å². The minimum absolute atomic E-state index is 0. The molecule has 10 rings (SSSR count). The Labute approximate surface area is 393 Å². The minimum atomic E-state index is -0.252. The molecule has 0 saturated carbocycles. The first-order chi connectivity index (χ1) is 29.0. The first kappa shape index (κ1) is 43.6. The summed E-state index contributed by atoms with van der Waals surface area (Å²) in [5, 5.41) is 10.5. The van der Waals surface area contributed by atoms with Gasteiger partial charge in [0.1, 0.15) is 0 Å². The van der Waals surface area contributed by atoms with E-state index < -0.39 is 0 Å². The summed E-state index contributed by atoms with van der Waals surface area (Å²) in [6, 6.07) is 59.3. The van der Waals surface area contributed by atoms with Gasteiger partial charge >= 0.3 is 372 Å². The van der Waals surface area contributed by atoms with E-state index in [1.165, 1.54) is 137 Å². The number of rotatable bonds is 5. The molecule has 2 aliphatic carbocycles. The van der Waals surface area contributed by atoms with Gasteiger partial charge < -0.3 is 24.8 Å². The van der Waals surface area contributed by atoms with E-state index in [2.05, 4.69) is 217 Å². The van der Waals surface area contributed by atoms with Crippen molar-refractivity contribution in [3.63, 3.8) is 0 Å². The van der Waals surface area contributed by atoms with Gasteiger partial charge in [0.05, 0.1) is 0 Å². The van der Waals surface area contributed by atoms with Gasteiger partial charge in [0, 0.05) is 0 Å². The zero-order valence-electron chi connectivity index (χ0n) is 36.2. The van der Waals surface area contributed by atoms with Crippen LogP contribution in [0.2, 0.25) is 0 Å². The molecule has 0 aliphatic heterocycles. The van der Waals surface area contributed by atoms with E-state index >= 15 is 0 Å². The molecular weight excluding hydrogens is 871 g/mol. The molecule has 0 saturated heterocycles. The molecule has 62 heavy (non-hydrogen) atoms. The summed E-state index contributed by atoms with van der Waals surface area (Å²) in [6.45, 7) is 14.5. The summed E-state index contributed by atoms with van der Waals surface area (Å²) in [5.74, 6) is 0. The SMILES string of the molecule is CC(C)(C)c1cc2c(cc1-c1ccccc1)=[C]([Zr+2])c1c(C3=CC=CC3)c(-c3ccccc3)c(C(C)(C)C)c(=C(c3cccc4ccccc34)c3cccc4ccccc34)c1=2.[Cl-].[Cl-]. The average molecular weight is 920 g/mol. The fourth-order valence-corrected chi connectivity index (χ4v) is 11.2. The first-order valence-electron chi connectivity index (χ1n) is 21.3. The molecule has 0 fully saturated rings. The number of hydrogen-bond donors (Lipinski definition) is 0. The van der Waals surface area contributed by atoms with Gasteiger partial charge in [-0.25, -0.2) is 0 Å². The Balaban J connectivity index is 0.00000264. The maximum Gasteiger partial charge on any atom is -1.00 e. The number of hydrogen-bond acceptors (Lipinski definition) is 0. The Bertz CT molecular complexity index is 3250. The molecule has 0 heterocycles. The predicted octanol–water partition coefficient (Wildman–Crippen LogP) is 7.82. The van der Waals surface area contributed by atoms with Crippen LogP contribution in [0.4, 0.5) is 0 Å². The topological polar surface area (TPSA) is 0 Å². The van der Waals surface area contributed by atoms with E-state index in [9.17, 15) is 0 Å². The van der Waals surface area contributed by atoms with Crippen LogP contribution >= 0.6 is 0 Å². The van der Waals surface area contributed by atoms with Crippen molar-refractivity contribution in [1.29, 1.82) is 0 Å². The van der Waals surface area contributed by atoms with Gasteiger partial charge in [-0.15, -0.1) is 0 Å². The maximum atomic E-state index is 2.60. The summed E-state index contributed by atoms with van der Waals surface area (Å²) >= 11 is 1.42. The molecule has 0 spiro atoms. The molecule has 0 aromatic heterocycles. The van der Waals surface area contributed by atoms with E-state index in [1.54, 1.807) is 0 Å². The maximum absolute atomic E-state index is 2.60. The molecule has 2 aliphatic rings. The van der Waals surface area contributed by atoms with Gasteiger partial charge in [-0.2, -0.15) is 0 Å². The summed E-state index contributed by atoms with van der Waals surface area (Å²) < 4.78 is 1.43. The minimum Gasteiger partial charge on any atom is -1.00 e. The van der Waals surface area contributed by atoms with Gasteiger partial charge in [0.2, 0.25) is 0 Å². The molecule has 8 aromatic rings. The summed E-state index contributed by atoms with van der Waals surface area (Å²) in [6.07, 6.45) is 7.90. The van der Waals surface area contributed by atoms with Crippen LogP contribution in [0, 0.1) is 10.4 Å². The Hall–Kier alpha value is -5.04.